The Kier molecular flexibility index (Phi) is 6.23. The lowest BCUT2D eigenvalue weighted by atomic mass is 9.98. The summed E-state index contributed by atoms with van der Waals surface area (Å²) in [5.74, 6) is -0.547. The van der Waals surface area contributed by atoms with Crippen molar-refractivity contribution in [3.05, 3.63) is 59.7 Å². The van der Waals surface area contributed by atoms with E-state index in [-0.39, 0.29) is 25.5 Å². The number of hydrogen-bond acceptors (Lipinski definition) is 5. The fourth-order valence-corrected chi connectivity index (χ4v) is 3.57. The molecule has 2 aromatic rings. The van der Waals surface area contributed by atoms with E-state index in [1.807, 2.05) is 24.3 Å². The van der Waals surface area contributed by atoms with Crippen LogP contribution in [0, 0.1) is 0 Å². The van der Waals surface area contributed by atoms with Gasteiger partial charge in [-0.1, -0.05) is 48.5 Å². The number of esters is 1. The Bertz CT molecular complexity index is 843. The molecule has 6 heteroatoms. The van der Waals surface area contributed by atoms with E-state index in [2.05, 4.69) is 29.6 Å². The minimum absolute atomic E-state index is 0.0357. The molecule has 3 rings (SSSR count). The van der Waals surface area contributed by atoms with Gasteiger partial charge in [0.25, 0.3) is 0 Å². The Morgan fingerprint density at radius 3 is 2.10 bits per heavy atom. The molecular formula is C23H28N2O4. The fourth-order valence-electron chi connectivity index (χ4n) is 3.57. The molecule has 0 saturated heterocycles. The molecule has 1 amide bonds. The first-order valence-corrected chi connectivity index (χ1v) is 9.84. The third kappa shape index (κ3) is 4.95. The number of fused-ring (bicyclic) bond motifs is 3. The largest absolute Gasteiger partial charge is 0.463 e. The summed E-state index contributed by atoms with van der Waals surface area (Å²) in [5.41, 5.74) is 9.56. The van der Waals surface area contributed by atoms with Gasteiger partial charge < -0.3 is 20.5 Å². The molecule has 0 aliphatic heterocycles. The van der Waals surface area contributed by atoms with E-state index >= 15 is 0 Å². The minimum Gasteiger partial charge on any atom is -0.463 e. The molecule has 0 unspecified atom stereocenters. The Balaban J connectivity index is 1.69. The van der Waals surface area contributed by atoms with E-state index in [0.29, 0.717) is 0 Å². The molecule has 0 bridgehead atoms. The zero-order valence-electron chi connectivity index (χ0n) is 17.1. The number of carbonyl (C=O) groups excluding carboxylic acids is 2. The summed E-state index contributed by atoms with van der Waals surface area (Å²) >= 11 is 0. The van der Waals surface area contributed by atoms with Crippen LogP contribution in [-0.4, -0.2) is 36.9 Å². The highest BCUT2D eigenvalue weighted by molar-refractivity contribution is 5.82. The van der Waals surface area contributed by atoms with Gasteiger partial charge in [0.2, 0.25) is 0 Å². The second-order valence-corrected chi connectivity index (χ2v) is 8.13. The molecule has 0 heterocycles. The summed E-state index contributed by atoms with van der Waals surface area (Å²) in [4.78, 5) is 24.7. The molecule has 0 saturated carbocycles. The van der Waals surface area contributed by atoms with Crippen molar-refractivity contribution >= 4 is 12.1 Å². The van der Waals surface area contributed by atoms with Gasteiger partial charge >= 0.3 is 12.1 Å². The van der Waals surface area contributed by atoms with Crippen molar-refractivity contribution in [1.29, 1.82) is 0 Å². The smallest absolute Gasteiger partial charge is 0.408 e. The van der Waals surface area contributed by atoms with Crippen LogP contribution in [0.4, 0.5) is 4.79 Å². The van der Waals surface area contributed by atoms with Crippen LogP contribution in [0.25, 0.3) is 11.1 Å². The lowest BCUT2D eigenvalue weighted by Crippen LogP contribution is -2.45. The summed E-state index contributed by atoms with van der Waals surface area (Å²) in [6.45, 7) is 5.72. The Morgan fingerprint density at radius 2 is 1.59 bits per heavy atom. The maximum Gasteiger partial charge on any atom is 0.408 e. The number of nitrogens with one attached hydrogen (secondary N) is 1. The molecule has 2 aromatic carbocycles. The van der Waals surface area contributed by atoms with Crippen LogP contribution in [0.3, 0.4) is 0 Å². The zero-order valence-corrected chi connectivity index (χ0v) is 17.1. The summed E-state index contributed by atoms with van der Waals surface area (Å²) < 4.78 is 10.9. The van der Waals surface area contributed by atoms with Gasteiger partial charge in [0.15, 0.2) is 0 Å². The maximum absolute atomic E-state index is 12.7. The maximum atomic E-state index is 12.7. The summed E-state index contributed by atoms with van der Waals surface area (Å²) in [6, 6.07) is 15.4. The number of amides is 1. The van der Waals surface area contributed by atoms with E-state index in [1.165, 1.54) is 0 Å². The van der Waals surface area contributed by atoms with Gasteiger partial charge in [-0.2, -0.15) is 0 Å². The third-order valence-corrected chi connectivity index (χ3v) is 4.79. The minimum atomic E-state index is -0.846. The van der Waals surface area contributed by atoms with Gasteiger partial charge in [-0.25, -0.2) is 9.59 Å². The number of alkyl carbamates (subject to hydrolysis) is 1. The van der Waals surface area contributed by atoms with E-state index in [4.69, 9.17) is 15.2 Å². The molecule has 154 valence electrons. The van der Waals surface area contributed by atoms with Gasteiger partial charge in [0.05, 0.1) is 0 Å². The molecular weight excluding hydrogens is 368 g/mol. The lowest BCUT2D eigenvalue weighted by Gasteiger charge is -2.23. The average molecular weight is 396 g/mol. The van der Waals surface area contributed by atoms with E-state index in [0.717, 1.165) is 22.3 Å². The molecule has 0 fully saturated rings. The second kappa shape index (κ2) is 8.66. The van der Waals surface area contributed by atoms with Crippen molar-refractivity contribution in [1.82, 2.24) is 5.32 Å². The van der Waals surface area contributed by atoms with Crippen molar-refractivity contribution in [3.8, 4) is 11.1 Å². The van der Waals surface area contributed by atoms with Crippen LogP contribution in [0.2, 0.25) is 0 Å². The number of rotatable bonds is 6. The van der Waals surface area contributed by atoms with Gasteiger partial charge in [-0.05, 0) is 56.0 Å². The van der Waals surface area contributed by atoms with Gasteiger partial charge in [0.1, 0.15) is 18.2 Å². The van der Waals surface area contributed by atoms with Crippen LogP contribution in [0.1, 0.15) is 44.2 Å². The first-order valence-electron chi connectivity index (χ1n) is 9.84. The SMILES string of the molecule is CC(C)(C)OC(=O)N[C@@H](CCN)C(=O)OCC1c2ccccc2-c2ccccc21. The highest BCUT2D eigenvalue weighted by Gasteiger charge is 2.31. The number of nitrogens with two attached hydrogens (primary N) is 1. The normalized spacial score (nSPS) is 13.9. The second-order valence-electron chi connectivity index (χ2n) is 8.13. The number of benzene rings is 2. The lowest BCUT2D eigenvalue weighted by molar-refractivity contribution is -0.146. The van der Waals surface area contributed by atoms with Crippen molar-refractivity contribution in [2.75, 3.05) is 13.2 Å². The Labute approximate surface area is 171 Å². The molecule has 1 aliphatic rings. The molecule has 1 atom stereocenters. The molecule has 6 nitrogen and oxygen atoms in total. The summed E-state index contributed by atoms with van der Waals surface area (Å²) in [7, 11) is 0. The van der Waals surface area contributed by atoms with Crippen molar-refractivity contribution in [2.24, 2.45) is 5.73 Å². The summed E-state index contributed by atoms with van der Waals surface area (Å²) in [5, 5.41) is 2.57. The van der Waals surface area contributed by atoms with Crippen molar-refractivity contribution < 1.29 is 19.1 Å². The average Bonchev–Trinajstić information content (AvgIpc) is 2.98. The topological polar surface area (TPSA) is 90.6 Å². The molecule has 0 aromatic heterocycles. The van der Waals surface area contributed by atoms with Crippen LogP contribution >= 0.6 is 0 Å². The van der Waals surface area contributed by atoms with Crippen LogP contribution in [0.15, 0.2) is 48.5 Å². The molecule has 3 N–H and O–H groups in total. The predicted molar refractivity (Wildman–Crippen MR) is 112 cm³/mol. The van der Waals surface area contributed by atoms with Crippen LogP contribution in [0.5, 0.6) is 0 Å². The van der Waals surface area contributed by atoms with Crippen LogP contribution < -0.4 is 11.1 Å². The monoisotopic (exact) mass is 396 g/mol. The number of carbonyl (C=O) groups is 2. The van der Waals surface area contributed by atoms with Gasteiger partial charge in [0, 0.05) is 5.92 Å². The zero-order chi connectivity index (χ0) is 21.0. The molecule has 1 aliphatic carbocycles. The van der Waals surface area contributed by atoms with Gasteiger partial charge in [-0.15, -0.1) is 0 Å². The first-order chi connectivity index (χ1) is 13.8. The summed E-state index contributed by atoms with van der Waals surface area (Å²) in [6.07, 6.45) is -0.389. The molecule has 0 radical (unpaired) electrons. The third-order valence-electron chi connectivity index (χ3n) is 4.79. The molecule has 29 heavy (non-hydrogen) atoms. The Hall–Kier alpha value is -2.86. The van der Waals surface area contributed by atoms with E-state index in [9.17, 15) is 9.59 Å². The number of hydrogen-bond donors (Lipinski definition) is 2. The van der Waals surface area contributed by atoms with Crippen molar-refractivity contribution in [3.63, 3.8) is 0 Å². The molecule has 0 spiro atoms. The van der Waals surface area contributed by atoms with E-state index in [1.54, 1.807) is 20.8 Å². The van der Waals surface area contributed by atoms with Crippen LogP contribution in [-0.2, 0) is 14.3 Å². The predicted octanol–water partition coefficient (Wildman–Crippen LogP) is 3.58. The van der Waals surface area contributed by atoms with Gasteiger partial charge in [-0.3, -0.25) is 0 Å². The first kappa shape index (κ1) is 20.9. The van der Waals surface area contributed by atoms with E-state index < -0.39 is 23.7 Å². The Morgan fingerprint density at radius 1 is 1.03 bits per heavy atom. The van der Waals surface area contributed by atoms with Crippen molar-refractivity contribution in [2.45, 2.75) is 44.8 Å². The standard InChI is InChI=1S/C23H28N2O4/c1-23(2,3)29-22(27)25-20(12-13-24)21(26)28-14-19-17-10-6-4-8-15(17)16-9-5-7-11-18(16)19/h4-11,19-20H,12-14,24H2,1-3H3,(H,25,27)/t20-/m0/s1. The fraction of sp³-hybridized carbons (Fsp3) is 0.391. The highest BCUT2D eigenvalue weighted by Crippen LogP contribution is 2.44. The number of ether oxygens (including phenoxy) is 2. The highest BCUT2D eigenvalue weighted by atomic mass is 16.6. The quantitative estimate of drug-likeness (QED) is 0.728.